The highest BCUT2D eigenvalue weighted by atomic mass is 35.5. The van der Waals surface area contributed by atoms with Gasteiger partial charge in [0.05, 0.1) is 12.7 Å². The quantitative estimate of drug-likeness (QED) is 0.371. The first-order valence-electron chi connectivity index (χ1n) is 15.6. The third-order valence-corrected chi connectivity index (χ3v) is 9.57. The number of unbranched alkanes of at least 4 members (excludes halogenated alkanes) is 1. The lowest BCUT2D eigenvalue weighted by Crippen LogP contribution is -2.73. The summed E-state index contributed by atoms with van der Waals surface area (Å²) in [6.07, 6.45) is 7.69. The molecule has 0 radical (unpaired) electrons. The van der Waals surface area contributed by atoms with Gasteiger partial charge in [0.15, 0.2) is 5.78 Å². The summed E-state index contributed by atoms with van der Waals surface area (Å²) in [4.78, 5) is 44.6. The van der Waals surface area contributed by atoms with Gasteiger partial charge < -0.3 is 20.1 Å². The van der Waals surface area contributed by atoms with Crippen LogP contribution in [0.25, 0.3) is 0 Å². The summed E-state index contributed by atoms with van der Waals surface area (Å²) in [5, 5.41) is 14.2. The van der Waals surface area contributed by atoms with Crippen LogP contribution in [-0.4, -0.2) is 76.4 Å². The van der Waals surface area contributed by atoms with Gasteiger partial charge in [-0.25, -0.2) is 0 Å². The van der Waals surface area contributed by atoms with Crippen molar-refractivity contribution in [3.8, 4) is 5.75 Å². The fraction of sp³-hybridized carbons (Fsp3) is 0.559. The molecule has 0 unspecified atom stereocenters. The van der Waals surface area contributed by atoms with Crippen LogP contribution >= 0.6 is 12.4 Å². The van der Waals surface area contributed by atoms with E-state index in [0.29, 0.717) is 75.2 Å². The number of ketones is 1. The summed E-state index contributed by atoms with van der Waals surface area (Å²) in [5.41, 5.74) is 0.657. The van der Waals surface area contributed by atoms with Gasteiger partial charge in [-0.15, -0.1) is 12.4 Å². The number of nitrogens with one attached hydrogen (secondary N) is 1. The summed E-state index contributed by atoms with van der Waals surface area (Å²) >= 11 is 0. The van der Waals surface area contributed by atoms with Crippen molar-refractivity contribution >= 4 is 30.0 Å². The van der Waals surface area contributed by atoms with Gasteiger partial charge in [-0.1, -0.05) is 56.9 Å². The van der Waals surface area contributed by atoms with Crippen LogP contribution in [-0.2, 0) is 16.1 Å². The van der Waals surface area contributed by atoms with Crippen LogP contribution in [0.1, 0.15) is 92.6 Å². The van der Waals surface area contributed by atoms with E-state index in [4.69, 9.17) is 4.74 Å². The highest BCUT2D eigenvalue weighted by Crippen LogP contribution is 2.37. The average Bonchev–Trinajstić information content (AvgIpc) is 3.01. The molecule has 2 aromatic carbocycles. The number of amides is 2. The Morgan fingerprint density at radius 2 is 1.56 bits per heavy atom. The van der Waals surface area contributed by atoms with Crippen LogP contribution in [0.5, 0.6) is 5.75 Å². The van der Waals surface area contributed by atoms with Crippen molar-refractivity contribution in [1.82, 2.24) is 15.1 Å². The first-order valence-corrected chi connectivity index (χ1v) is 15.6. The molecule has 1 atom stereocenters. The summed E-state index contributed by atoms with van der Waals surface area (Å²) < 4.78 is 5.18. The SMILES string of the molecule is CCCCN1C(=O)[C@@H](CC2(O)CCCCC2)NC(=O)C12CCN(Cc1ccc(C(=O)c3ccc(OC)cc3)cc1)CC2.Cl. The smallest absolute Gasteiger partial charge is 0.246 e. The topological polar surface area (TPSA) is 99.2 Å². The van der Waals surface area contributed by atoms with Gasteiger partial charge in [-0.2, -0.15) is 0 Å². The Hall–Kier alpha value is -2.94. The number of methoxy groups -OCH3 is 1. The van der Waals surface area contributed by atoms with Crippen LogP contribution in [0.15, 0.2) is 48.5 Å². The molecular weight excluding hydrogens is 566 g/mol. The molecule has 1 spiro atoms. The van der Waals surface area contributed by atoms with Crippen LogP contribution < -0.4 is 10.1 Å². The molecule has 9 heteroatoms. The lowest BCUT2D eigenvalue weighted by atomic mass is 9.77. The molecule has 0 bridgehead atoms. The molecule has 5 rings (SSSR count). The molecule has 2 heterocycles. The third-order valence-electron chi connectivity index (χ3n) is 9.57. The standard InChI is InChI=1S/C34H45N3O5.ClH/c1-3-4-20-37-31(39)29(23-33(41)16-6-5-7-17-33)35-32(40)34(37)18-21-36(22-19-34)24-25-8-10-26(11-9-25)30(38)27-12-14-28(42-2)15-13-27;/h8-15,29,41H,3-7,16-24H2,1-2H3,(H,35,40);1H/t29-;/m1./s1. The number of nitrogens with zero attached hydrogens (tertiary/aromatic N) is 2. The number of benzene rings is 2. The second-order valence-corrected chi connectivity index (χ2v) is 12.4. The van der Waals surface area contributed by atoms with Crippen LogP contribution in [0, 0.1) is 0 Å². The Labute approximate surface area is 261 Å². The maximum absolute atomic E-state index is 13.8. The number of piperazine rings is 1. The molecule has 3 fully saturated rings. The molecular formula is C34H46ClN3O5. The minimum absolute atomic E-state index is 0. The van der Waals surface area contributed by atoms with Crippen LogP contribution in [0.3, 0.4) is 0 Å². The monoisotopic (exact) mass is 611 g/mol. The first-order chi connectivity index (χ1) is 20.3. The van der Waals surface area contributed by atoms with Crippen molar-refractivity contribution in [3.63, 3.8) is 0 Å². The number of ether oxygens (including phenoxy) is 1. The summed E-state index contributed by atoms with van der Waals surface area (Å²) in [7, 11) is 1.60. The molecule has 2 N–H and O–H groups in total. The molecule has 1 saturated carbocycles. The second-order valence-electron chi connectivity index (χ2n) is 12.4. The van der Waals surface area contributed by atoms with E-state index in [2.05, 4.69) is 17.1 Å². The number of carbonyl (C=O) groups is 3. The fourth-order valence-corrected chi connectivity index (χ4v) is 6.96. The van der Waals surface area contributed by atoms with Crippen molar-refractivity contribution < 1.29 is 24.2 Å². The number of piperidine rings is 1. The fourth-order valence-electron chi connectivity index (χ4n) is 6.96. The van der Waals surface area contributed by atoms with Crippen LogP contribution in [0.4, 0.5) is 0 Å². The third kappa shape index (κ3) is 7.24. The Morgan fingerprint density at radius 3 is 2.14 bits per heavy atom. The number of aliphatic hydroxyl groups is 1. The zero-order valence-corrected chi connectivity index (χ0v) is 26.3. The predicted octanol–water partition coefficient (Wildman–Crippen LogP) is 4.90. The van der Waals surface area contributed by atoms with E-state index in [1.807, 2.05) is 29.2 Å². The molecule has 2 saturated heterocycles. The predicted molar refractivity (Wildman–Crippen MR) is 169 cm³/mol. The normalized spacial score (nSPS) is 21.7. The Morgan fingerprint density at radius 1 is 0.953 bits per heavy atom. The Balaban J connectivity index is 0.00000423. The van der Waals surface area contributed by atoms with E-state index in [0.717, 1.165) is 37.7 Å². The lowest BCUT2D eigenvalue weighted by Gasteiger charge is -2.52. The molecule has 3 aliphatic rings. The first kappa shape index (κ1) is 33.0. The molecule has 2 aromatic rings. The number of hydrogen-bond donors (Lipinski definition) is 2. The minimum atomic E-state index is -0.870. The average molecular weight is 612 g/mol. The van der Waals surface area contributed by atoms with Gasteiger partial charge in [-0.05, 0) is 61.9 Å². The summed E-state index contributed by atoms with van der Waals surface area (Å²) in [5.74, 6) is 0.584. The van der Waals surface area contributed by atoms with E-state index in [1.165, 1.54) is 0 Å². The van der Waals surface area contributed by atoms with Gasteiger partial charge >= 0.3 is 0 Å². The molecule has 43 heavy (non-hydrogen) atoms. The van der Waals surface area contributed by atoms with E-state index < -0.39 is 17.2 Å². The van der Waals surface area contributed by atoms with Gasteiger partial charge in [0.25, 0.3) is 0 Å². The zero-order valence-electron chi connectivity index (χ0n) is 25.5. The van der Waals surface area contributed by atoms with E-state index in [9.17, 15) is 19.5 Å². The molecule has 1 aliphatic carbocycles. The summed E-state index contributed by atoms with van der Waals surface area (Å²) in [6.45, 7) is 4.78. The van der Waals surface area contributed by atoms with Crippen molar-refractivity contribution in [1.29, 1.82) is 0 Å². The van der Waals surface area contributed by atoms with Crippen molar-refractivity contribution in [2.45, 2.75) is 94.9 Å². The van der Waals surface area contributed by atoms with Crippen molar-refractivity contribution in [2.75, 3.05) is 26.7 Å². The maximum atomic E-state index is 13.8. The Bertz CT molecular complexity index is 1250. The van der Waals surface area contributed by atoms with Crippen molar-refractivity contribution in [3.05, 3.63) is 65.2 Å². The molecule has 8 nitrogen and oxygen atoms in total. The zero-order chi connectivity index (χ0) is 29.7. The lowest BCUT2D eigenvalue weighted by molar-refractivity contribution is -0.163. The molecule has 234 valence electrons. The number of likely N-dealkylation sites (tertiary alicyclic amines) is 1. The Kier molecular flexibility index (Phi) is 10.9. The van der Waals surface area contributed by atoms with Gasteiger partial charge in [0.2, 0.25) is 11.8 Å². The maximum Gasteiger partial charge on any atom is 0.246 e. The minimum Gasteiger partial charge on any atom is -0.497 e. The van der Waals surface area contributed by atoms with Gasteiger partial charge in [-0.3, -0.25) is 19.3 Å². The van der Waals surface area contributed by atoms with E-state index in [-0.39, 0.29) is 30.0 Å². The van der Waals surface area contributed by atoms with Gasteiger partial charge in [0.1, 0.15) is 17.3 Å². The van der Waals surface area contributed by atoms with Crippen LogP contribution in [0.2, 0.25) is 0 Å². The molecule has 2 amide bonds. The highest BCUT2D eigenvalue weighted by Gasteiger charge is 2.54. The summed E-state index contributed by atoms with van der Waals surface area (Å²) in [6, 6.07) is 14.2. The number of carbonyl (C=O) groups excluding carboxylic acids is 3. The highest BCUT2D eigenvalue weighted by molar-refractivity contribution is 6.09. The number of rotatable bonds is 10. The number of hydrogen-bond acceptors (Lipinski definition) is 6. The molecule has 0 aromatic heterocycles. The number of halogens is 1. The van der Waals surface area contributed by atoms with Crippen molar-refractivity contribution in [2.24, 2.45) is 0 Å². The van der Waals surface area contributed by atoms with Gasteiger partial charge in [0, 0.05) is 43.7 Å². The second kappa shape index (κ2) is 14.2. The molecule has 2 aliphatic heterocycles. The van der Waals surface area contributed by atoms with E-state index in [1.54, 1.807) is 31.4 Å². The van der Waals surface area contributed by atoms with E-state index >= 15 is 0 Å². The largest absolute Gasteiger partial charge is 0.497 e.